The Bertz CT molecular complexity index is 198. The fourth-order valence-corrected chi connectivity index (χ4v) is 0.583. The fourth-order valence-electron chi connectivity index (χ4n) is 0.583. The van der Waals surface area contributed by atoms with Crippen LogP contribution in [0.3, 0.4) is 0 Å². The predicted octanol–water partition coefficient (Wildman–Crippen LogP) is 1.67. The second kappa shape index (κ2) is 2.49. The summed E-state index contributed by atoms with van der Waals surface area (Å²) >= 11 is 0. The maximum atomic E-state index is 12.3. The number of nitrogens with one attached hydrogen (secondary N) is 1. The fraction of sp³-hybridized carbons (Fsp3) is 0.143. The zero-order chi connectivity index (χ0) is 6.69. The van der Waals surface area contributed by atoms with Crippen LogP contribution in [0.1, 0.15) is 0 Å². The lowest BCUT2D eigenvalue weighted by atomic mass is 10.3. The van der Waals surface area contributed by atoms with Crippen molar-refractivity contribution in [2.45, 2.75) is 0 Å². The van der Waals surface area contributed by atoms with Gasteiger partial charge in [0, 0.05) is 18.8 Å². The monoisotopic (exact) mass is 124 g/mol. The minimum atomic E-state index is -0.238. The van der Waals surface area contributed by atoms with Crippen LogP contribution in [0.15, 0.2) is 18.2 Å². The molecule has 0 fully saturated rings. The van der Waals surface area contributed by atoms with Gasteiger partial charge >= 0.3 is 0 Å². The second-order valence-electron chi connectivity index (χ2n) is 1.67. The van der Waals surface area contributed by atoms with Crippen molar-refractivity contribution in [2.24, 2.45) is 0 Å². The Morgan fingerprint density at radius 1 is 1.67 bits per heavy atom. The highest BCUT2D eigenvalue weighted by Gasteiger charge is 1.88. The molecule has 0 amide bonds. The molecule has 0 aliphatic heterocycles. The summed E-state index contributed by atoms with van der Waals surface area (Å²) in [4.78, 5) is 0. The van der Waals surface area contributed by atoms with E-state index in [9.17, 15) is 4.39 Å². The lowest BCUT2D eigenvalue weighted by molar-refractivity contribution is 0.628. The van der Waals surface area contributed by atoms with Crippen molar-refractivity contribution < 1.29 is 4.39 Å². The van der Waals surface area contributed by atoms with Gasteiger partial charge in [-0.3, -0.25) is 0 Å². The van der Waals surface area contributed by atoms with Gasteiger partial charge in [0.05, 0.1) is 0 Å². The molecule has 0 unspecified atom stereocenters. The van der Waals surface area contributed by atoms with Crippen molar-refractivity contribution in [1.29, 1.82) is 0 Å². The van der Waals surface area contributed by atoms with Gasteiger partial charge in [-0.25, -0.2) is 4.39 Å². The first-order valence-electron chi connectivity index (χ1n) is 2.68. The van der Waals surface area contributed by atoms with Crippen molar-refractivity contribution in [3.05, 3.63) is 30.1 Å². The van der Waals surface area contributed by atoms with Crippen molar-refractivity contribution in [1.82, 2.24) is 0 Å². The number of hydrogen-bond donors (Lipinski definition) is 1. The zero-order valence-corrected chi connectivity index (χ0v) is 5.11. The summed E-state index contributed by atoms with van der Waals surface area (Å²) < 4.78 is 12.3. The first-order valence-corrected chi connectivity index (χ1v) is 2.68. The van der Waals surface area contributed by atoms with Crippen molar-refractivity contribution in [3.63, 3.8) is 0 Å². The van der Waals surface area contributed by atoms with Gasteiger partial charge < -0.3 is 5.32 Å². The summed E-state index contributed by atoms with van der Waals surface area (Å²) in [7, 11) is 1.73. The minimum Gasteiger partial charge on any atom is -0.388 e. The second-order valence-corrected chi connectivity index (χ2v) is 1.67. The van der Waals surface area contributed by atoms with Crippen LogP contribution in [0.4, 0.5) is 10.1 Å². The Labute approximate surface area is 53.5 Å². The summed E-state index contributed by atoms with van der Waals surface area (Å²) in [5.74, 6) is -0.238. The summed E-state index contributed by atoms with van der Waals surface area (Å²) in [5.41, 5.74) is 0.676. The quantitative estimate of drug-likeness (QED) is 0.600. The molecule has 47 valence electrons. The molecule has 0 heterocycles. The van der Waals surface area contributed by atoms with Gasteiger partial charge in [-0.1, -0.05) is 0 Å². The first kappa shape index (κ1) is 6.08. The van der Waals surface area contributed by atoms with Crippen LogP contribution in [-0.4, -0.2) is 7.05 Å². The number of anilines is 1. The normalized spacial score (nSPS) is 9.11. The first-order chi connectivity index (χ1) is 4.33. The van der Waals surface area contributed by atoms with E-state index in [2.05, 4.69) is 11.4 Å². The molecule has 9 heavy (non-hydrogen) atoms. The lowest BCUT2D eigenvalue weighted by Gasteiger charge is -1.95. The molecule has 0 aliphatic rings. The highest BCUT2D eigenvalue weighted by Crippen LogP contribution is 2.05. The molecule has 0 saturated heterocycles. The maximum Gasteiger partial charge on any atom is 0.125 e. The van der Waals surface area contributed by atoms with Crippen molar-refractivity contribution in [2.75, 3.05) is 12.4 Å². The van der Waals surface area contributed by atoms with E-state index in [1.165, 1.54) is 12.1 Å². The number of benzene rings is 1. The molecule has 1 aromatic rings. The molecule has 0 spiro atoms. The molecule has 0 aromatic heterocycles. The van der Waals surface area contributed by atoms with Gasteiger partial charge in [0.2, 0.25) is 0 Å². The van der Waals surface area contributed by atoms with Gasteiger partial charge in [0.15, 0.2) is 0 Å². The van der Waals surface area contributed by atoms with Crippen LogP contribution in [0, 0.1) is 11.9 Å². The third-order valence-corrected chi connectivity index (χ3v) is 1.03. The van der Waals surface area contributed by atoms with E-state index in [0.29, 0.717) is 5.69 Å². The van der Waals surface area contributed by atoms with E-state index in [1.54, 1.807) is 13.1 Å². The molecule has 0 saturated carbocycles. The number of rotatable bonds is 1. The summed E-state index contributed by atoms with van der Waals surface area (Å²) in [6.07, 6.45) is 0. The van der Waals surface area contributed by atoms with Crippen LogP contribution in [0.2, 0.25) is 0 Å². The average molecular weight is 124 g/mol. The molecule has 1 radical (unpaired) electrons. The van der Waals surface area contributed by atoms with Crippen LogP contribution in [0.5, 0.6) is 0 Å². The van der Waals surface area contributed by atoms with E-state index in [4.69, 9.17) is 0 Å². The highest BCUT2D eigenvalue weighted by molar-refractivity contribution is 5.40. The van der Waals surface area contributed by atoms with Crippen LogP contribution in [0.25, 0.3) is 0 Å². The average Bonchev–Trinajstić information content (AvgIpc) is 1.88. The highest BCUT2D eigenvalue weighted by atomic mass is 19.1. The van der Waals surface area contributed by atoms with Gasteiger partial charge in [-0.05, 0) is 18.2 Å². The number of halogens is 1. The van der Waals surface area contributed by atoms with Gasteiger partial charge in [-0.15, -0.1) is 0 Å². The molecule has 1 rings (SSSR count). The Morgan fingerprint density at radius 2 is 2.44 bits per heavy atom. The third-order valence-electron chi connectivity index (χ3n) is 1.03. The molecule has 1 N–H and O–H groups in total. The molecular weight excluding hydrogens is 117 g/mol. The molecule has 0 bridgehead atoms. The van der Waals surface area contributed by atoms with Gasteiger partial charge in [0.1, 0.15) is 5.82 Å². The maximum absolute atomic E-state index is 12.3. The standard InChI is InChI=1S/C7H7FN/c1-9-7-4-2-3-6(8)5-7/h2-3,5,9H,1H3. The molecule has 0 atom stereocenters. The zero-order valence-electron chi connectivity index (χ0n) is 5.11. The van der Waals surface area contributed by atoms with Crippen LogP contribution < -0.4 is 5.32 Å². The largest absolute Gasteiger partial charge is 0.388 e. The minimum absolute atomic E-state index is 0.238. The van der Waals surface area contributed by atoms with Gasteiger partial charge in [-0.2, -0.15) is 0 Å². The smallest absolute Gasteiger partial charge is 0.125 e. The van der Waals surface area contributed by atoms with E-state index < -0.39 is 0 Å². The van der Waals surface area contributed by atoms with Crippen LogP contribution >= 0.6 is 0 Å². The van der Waals surface area contributed by atoms with Crippen molar-refractivity contribution >= 4 is 5.69 Å². The van der Waals surface area contributed by atoms with E-state index in [1.807, 2.05) is 0 Å². The number of hydrogen-bond acceptors (Lipinski definition) is 1. The molecule has 0 aliphatic carbocycles. The van der Waals surface area contributed by atoms with Gasteiger partial charge in [0.25, 0.3) is 0 Å². The Kier molecular flexibility index (Phi) is 1.68. The Morgan fingerprint density at radius 3 is 2.89 bits per heavy atom. The lowest BCUT2D eigenvalue weighted by Crippen LogP contribution is -1.87. The molecule has 1 nitrogen and oxygen atoms in total. The van der Waals surface area contributed by atoms with E-state index >= 15 is 0 Å². The Balaban J connectivity index is 2.94. The van der Waals surface area contributed by atoms with Crippen LogP contribution in [-0.2, 0) is 0 Å². The summed E-state index contributed by atoms with van der Waals surface area (Å²) in [6.45, 7) is 0. The summed E-state index contributed by atoms with van der Waals surface area (Å²) in [6, 6.07) is 7.10. The van der Waals surface area contributed by atoms with Crippen molar-refractivity contribution in [3.8, 4) is 0 Å². The van der Waals surface area contributed by atoms with E-state index in [0.717, 1.165) is 0 Å². The Hall–Kier alpha value is -1.05. The topological polar surface area (TPSA) is 12.0 Å². The molecule has 2 heteroatoms. The SMILES string of the molecule is CNc1[c]ccc(F)c1. The third kappa shape index (κ3) is 1.42. The van der Waals surface area contributed by atoms with E-state index in [-0.39, 0.29) is 5.82 Å². The molecule has 1 aromatic carbocycles. The predicted molar refractivity (Wildman–Crippen MR) is 34.8 cm³/mol. The summed E-state index contributed by atoms with van der Waals surface area (Å²) in [5, 5.41) is 2.77. The molecular formula is C7H7FN.